The fourth-order valence-corrected chi connectivity index (χ4v) is 3.46. The summed E-state index contributed by atoms with van der Waals surface area (Å²) in [5, 5.41) is 5.12. The summed E-state index contributed by atoms with van der Waals surface area (Å²) in [6, 6.07) is 1.70. The quantitative estimate of drug-likeness (QED) is 0.665. The van der Waals surface area contributed by atoms with Crippen molar-refractivity contribution in [1.29, 1.82) is 0 Å². The van der Waals surface area contributed by atoms with Gasteiger partial charge in [-0.15, -0.1) is 0 Å². The first-order chi connectivity index (χ1) is 11.4. The van der Waals surface area contributed by atoms with Gasteiger partial charge in [0.1, 0.15) is 5.56 Å². The third-order valence-corrected chi connectivity index (χ3v) is 4.73. The molecule has 2 aliphatic rings. The van der Waals surface area contributed by atoms with Crippen molar-refractivity contribution in [3.63, 3.8) is 0 Å². The van der Waals surface area contributed by atoms with E-state index in [1.807, 2.05) is 0 Å². The Labute approximate surface area is 135 Å². The van der Waals surface area contributed by atoms with Crippen molar-refractivity contribution >= 4 is 23.4 Å². The molecule has 0 radical (unpaired) electrons. The highest BCUT2D eigenvalue weighted by Gasteiger charge is 2.52. The number of aromatic amines is 1. The molecule has 0 saturated carbocycles. The zero-order valence-corrected chi connectivity index (χ0v) is 13.0. The Morgan fingerprint density at radius 1 is 1.33 bits per heavy atom. The molecule has 1 atom stereocenters. The Kier molecular flexibility index (Phi) is 2.90. The standard InChI is InChI=1S/C15H15N5O4/c1-8-4-10-16-6-9(13(23)20(10)18-8)12(22)19-3-2-15(7-19)5-11(21)17-14(15)24/h4,6,18H,2-3,5,7H2,1H3,(H,17,21,24). The fraction of sp³-hybridized carbons (Fsp3) is 0.400. The molecule has 1 spiro atoms. The minimum atomic E-state index is -0.858. The Hall–Kier alpha value is -2.97. The third-order valence-electron chi connectivity index (χ3n) is 4.73. The van der Waals surface area contributed by atoms with Crippen LogP contribution in [0.1, 0.15) is 28.9 Å². The molecule has 2 N–H and O–H groups in total. The van der Waals surface area contributed by atoms with Crippen molar-refractivity contribution in [3.05, 3.63) is 33.9 Å². The van der Waals surface area contributed by atoms with E-state index >= 15 is 0 Å². The molecule has 9 heteroatoms. The van der Waals surface area contributed by atoms with Gasteiger partial charge in [-0.05, 0) is 13.3 Å². The molecule has 0 bridgehead atoms. The van der Waals surface area contributed by atoms with Gasteiger partial charge in [-0.2, -0.15) is 0 Å². The number of carbonyl (C=O) groups is 3. The molecular weight excluding hydrogens is 314 g/mol. The smallest absolute Gasteiger partial charge is 0.285 e. The zero-order chi connectivity index (χ0) is 17.1. The third kappa shape index (κ3) is 1.97. The number of nitrogens with zero attached hydrogens (tertiary/aromatic N) is 3. The van der Waals surface area contributed by atoms with E-state index in [0.29, 0.717) is 18.6 Å². The number of aromatic nitrogens is 3. The maximum absolute atomic E-state index is 12.7. The Bertz CT molecular complexity index is 958. The van der Waals surface area contributed by atoms with Gasteiger partial charge in [-0.1, -0.05) is 0 Å². The lowest BCUT2D eigenvalue weighted by Crippen LogP contribution is -2.38. The van der Waals surface area contributed by atoms with Crippen molar-refractivity contribution in [1.82, 2.24) is 24.8 Å². The summed E-state index contributed by atoms with van der Waals surface area (Å²) in [6.45, 7) is 2.25. The molecular formula is C15H15N5O4. The van der Waals surface area contributed by atoms with E-state index in [2.05, 4.69) is 15.4 Å². The average molecular weight is 329 g/mol. The molecule has 0 aromatic carbocycles. The van der Waals surface area contributed by atoms with Crippen LogP contribution in [0.2, 0.25) is 0 Å². The molecule has 1 unspecified atom stereocenters. The largest absolute Gasteiger partial charge is 0.337 e. The number of carbonyl (C=O) groups excluding carboxylic acids is 3. The summed E-state index contributed by atoms with van der Waals surface area (Å²) >= 11 is 0. The van der Waals surface area contributed by atoms with E-state index in [0.717, 1.165) is 5.69 Å². The average Bonchev–Trinajstić information content (AvgIpc) is 3.18. The number of H-pyrrole nitrogens is 1. The van der Waals surface area contributed by atoms with E-state index in [1.165, 1.54) is 15.6 Å². The van der Waals surface area contributed by atoms with Crippen molar-refractivity contribution in [2.75, 3.05) is 13.1 Å². The van der Waals surface area contributed by atoms with Gasteiger partial charge in [-0.3, -0.25) is 29.6 Å². The first-order valence-electron chi connectivity index (χ1n) is 7.61. The van der Waals surface area contributed by atoms with Gasteiger partial charge < -0.3 is 4.90 Å². The second kappa shape index (κ2) is 4.76. The van der Waals surface area contributed by atoms with E-state index in [-0.39, 0.29) is 30.3 Å². The molecule has 2 aromatic heterocycles. The van der Waals surface area contributed by atoms with Gasteiger partial charge in [0.25, 0.3) is 11.5 Å². The first kappa shape index (κ1) is 14.6. The second-order valence-corrected chi connectivity index (χ2v) is 6.42. The highest BCUT2D eigenvalue weighted by Crippen LogP contribution is 2.37. The van der Waals surface area contributed by atoms with Crippen LogP contribution in [0.5, 0.6) is 0 Å². The van der Waals surface area contributed by atoms with Gasteiger partial charge in [-0.25, -0.2) is 9.50 Å². The number of rotatable bonds is 1. The maximum atomic E-state index is 12.7. The Morgan fingerprint density at radius 3 is 2.83 bits per heavy atom. The highest BCUT2D eigenvalue weighted by atomic mass is 16.2. The molecule has 2 aromatic rings. The number of amides is 3. The lowest BCUT2D eigenvalue weighted by atomic mass is 9.85. The molecule has 124 valence electrons. The van der Waals surface area contributed by atoms with Crippen molar-refractivity contribution in [2.45, 2.75) is 19.8 Å². The van der Waals surface area contributed by atoms with Crippen LogP contribution in [0.4, 0.5) is 0 Å². The summed E-state index contributed by atoms with van der Waals surface area (Å²) in [6.07, 6.45) is 1.76. The van der Waals surface area contributed by atoms with E-state index in [1.54, 1.807) is 13.0 Å². The SMILES string of the molecule is Cc1cc2ncc(C(=O)N3CCC4(CC(=O)NC4=O)C3)c(=O)n2[nH]1. The number of nitrogens with one attached hydrogen (secondary N) is 2. The monoisotopic (exact) mass is 329 g/mol. The minimum absolute atomic E-state index is 0.0591. The number of imide groups is 1. The molecule has 24 heavy (non-hydrogen) atoms. The molecule has 0 aliphatic carbocycles. The molecule has 4 heterocycles. The zero-order valence-electron chi connectivity index (χ0n) is 13.0. The summed E-state index contributed by atoms with van der Waals surface area (Å²) in [7, 11) is 0. The van der Waals surface area contributed by atoms with Gasteiger partial charge >= 0.3 is 0 Å². The fourth-order valence-electron chi connectivity index (χ4n) is 3.46. The van der Waals surface area contributed by atoms with E-state index < -0.39 is 16.9 Å². The topological polar surface area (TPSA) is 117 Å². The minimum Gasteiger partial charge on any atom is -0.337 e. The van der Waals surface area contributed by atoms with E-state index in [9.17, 15) is 19.2 Å². The summed E-state index contributed by atoms with van der Waals surface area (Å²) < 4.78 is 1.22. The number of likely N-dealkylation sites (tertiary alicyclic amines) is 1. The molecule has 3 amide bonds. The van der Waals surface area contributed by atoms with Crippen LogP contribution >= 0.6 is 0 Å². The molecule has 2 aliphatic heterocycles. The summed E-state index contributed by atoms with van der Waals surface area (Å²) in [5.74, 6) is -1.13. The van der Waals surface area contributed by atoms with Crippen molar-refractivity contribution in [3.8, 4) is 0 Å². The van der Waals surface area contributed by atoms with Gasteiger partial charge in [0, 0.05) is 37.5 Å². The van der Waals surface area contributed by atoms with Crippen LogP contribution in [0.25, 0.3) is 5.65 Å². The van der Waals surface area contributed by atoms with Crippen LogP contribution in [-0.4, -0.2) is 50.3 Å². The van der Waals surface area contributed by atoms with Crippen LogP contribution < -0.4 is 10.9 Å². The van der Waals surface area contributed by atoms with Crippen molar-refractivity contribution < 1.29 is 14.4 Å². The number of aryl methyl sites for hydroxylation is 1. The summed E-state index contributed by atoms with van der Waals surface area (Å²) in [5.41, 5.74) is -0.205. The highest BCUT2D eigenvalue weighted by molar-refractivity contribution is 6.06. The molecule has 2 saturated heterocycles. The van der Waals surface area contributed by atoms with E-state index in [4.69, 9.17) is 0 Å². The van der Waals surface area contributed by atoms with Gasteiger partial charge in [0.2, 0.25) is 11.8 Å². The summed E-state index contributed by atoms with van der Waals surface area (Å²) in [4.78, 5) is 54.2. The predicted molar refractivity (Wildman–Crippen MR) is 81.3 cm³/mol. The maximum Gasteiger partial charge on any atom is 0.285 e. The number of hydrogen-bond acceptors (Lipinski definition) is 5. The molecule has 2 fully saturated rings. The van der Waals surface area contributed by atoms with Gasteiger partial charge in [0.05, 0.1) is 5.41 Å². The normalized spacial score (nSPS) is 23.5. The number of fused-ring (bicyclic) bond motifs is 1. The van der Waals surface area contributed by atoms with Crippen LogP contribution in [-0.2, 0) is 9.59 Å². The lowest BCUT2D eigenvalue weighted by molar-refractivity contribution is -0.128. The van der Waals surface area contributed by atoms with Crippen molar-refractivity contribution in [2.24, 2.45) is 5.41 Å². The van der Waals surface area contributed by atoms with Crippen LogP contribution in [0.3, 0.4) is 0 Å². The lowest BCUT2D eigenvalue weighted by Gasteiger charge is -2.20. The Morgan fingerprint density at radius 2 is 2.12 bits per heavy atom. The molecule has 9 nitrogen and oxygen atoms in total. The molecule has 4 rings (SSSR count). The Balaban J connectivity index is 1.66. The number of hydrogen-bond donors (Lipinski definition) is 2. The predicted octanol–water partition coefficient (Wildman–Crippen LogP) is -0.790. The van der Waals surface area contributed by atoms with Gasteiger partial charge in [0.15, 0.2) is 5.65 Å². The van der Waals surface area contributed by atoms with Crippen LogP contribution in [0, 0.1) is 12.3 Å². The first-order valence-corrected chi connectivity index (χ1v) is 7.61. The van der Waals surface area contributed by atoms with Crippen LogP contribution in [0.15, 0.2) is 17.1 Å². The second-order valence-electron chi connectivity index (χ2n) is 6.42.